The van der Waals surface area contributed by atoms with Crippen molar-refractivity contribution >= 4 is 18.3 Å². The maximum absolute atomic E-state index is 12.8. The summed E-state index contributed by atoms with van der Waals surface area (Å²) >= 11 is 0. The van der Waals surface area contributed by atoms with E-state index >= 15 is 0 Å². The quantitative estimate of drug-likeness (QED) is 0.625. The molecule has 0 aliphatic carbocycles. The Morgan fingerprint density at radius 2 is 1.65 bits per heavy atom. The van der Waals surface area contributed by atoms with Crippen LogP contribution in [0.3, 0.4) is 0 Å². The zero-order valence-electron chi connectivity index (χ0n) is 16.0. The molecule has 0 aliphatic heterocycles. The summed E-state index contributed by atoms with van der Waals surface area (Å²) in [5.74, 6) is -0.0492. The lowest BCUT2D eigenvalue weighted by Crippen LogP contribution is -2.52. The normalized spacial score (nSPS) is 13.3. The molecule has 2 amide bonds. The first-order chi connectivity index (χ1) is 12.2. The number of rotatable bonds is 10. The molecule has 0 heterocycles. The molecule has 0 fully saturated rings. The maximum Gasteiger partial charge on any atom is 0.408 e. The fraction of sp³-hybridized carbons (Fsp3) is 0.550. The van der Waals surface area contributed by atoms with E-state index in [1.165, 1.54) is 0 Å². The van der Waals surface area contributed by atoms with Gasteiger partial charge in [-0.25, -0.2) is 4.79 Å². The Hall–Kier alpha value is -2.37. The Labute approximate surface area is 155 Å². The molecule has 1 aromatic carbocycles. The first-order valence-electron chi connectivity index (χ1n) is 9.03. The van der Waals surface area contributed by atoms with E-state index in [4.69, 9.17) is 0 Å². The molecule has 0 aromatic heterocycles. The number of amides is 2. The highest BCUT2D eigenvalue weighted by molar-refractivity contribution is 5.87. The Morgan fingerprint density at radius 3 is 2.12 bits per heavy atom. The van der Waals surface area contributed by atoms with Gasteiger partial charge < -0.3 is 15.2 Å². The highest BCUT2D eigenvalue weighted by Gasteiger charge is 2.31. The van der Waals surface area contributed by atoms with Crippen LogP contribution in [0.4, 0.5) is 4.79 Å². The van der Waals surface area contributed by atoms with Crippen LogP contribution in [0.15, 0.2) is 30.3 Å². The van der Waals surface area contributed by atoms with E-state index in [9.17, 15) is 19.5 Å². The second-order valence-electron chi connectivity index (χ2n) is 7.42. The molecular formula is C20H30N2O4. The number of carbonyl (C=O) groups excluding carboxylic acids is 2. The number of carbonyl (C=O) groups is 3. The largest absolute Gasteiger partial charge is 0.465 e. The third-order valence-electron chi connectivity index (χ3n) is 4.03. The van der Waals surface area contributed by atoms with Crippen LogP contribution in [0.1, 0.15) is 46.1 Å². The summed E-state index contributed by atoms with van der Waals surface area (Å²) in [5.41, 5.74) is 0.811. The van der Waals surface area contributed by atoms with Crippen molar-refractivity contribution in [2.45, 2.75) is 59.2 Å². The van der Waals surface area contributed by atoms with Crippen molar-refractivity contribution in [1.29, 1.82) is 0 Å². The fourth-order valence-electron chi connectivity index (χ4n) is 2.85. The molecule has 144 valence electrons. The minimum absolute atomic E-state index is 0.122. The van der Waals surface area contributed by atoms with Gasteiger partial charge in [0.05, 0.1) is 6.04 Å². The molecule has 0 bridgehead atoms. The molecule has 0 unspecified atom stereocenters. The van der Waals surface area contributed by atoms with E-state index in [1.54, 1.807) is 0 Å². The van der Waals surface area contributed by atoms with Gasteiger partial charge >= 0.3 is 6.09 Å². The molecule has 0 radical (unpaired) electrons. The van der Waals surface area contributed by atoms with Gasteiger partial charge in [-0.05, 0) is 30.2 Å². The van der Waals surface area contributed by atoms with E-state index in [2.05, 4.69) is 5.32 Å². The predicted molar refractivity (Wildman–Crippen MR) is 101 cm³/mol. The van der Waals surface area contributed by atoms with Crippen LogP contribution in [0, 0.1) is 11.8 Å². The number of carboxylic acid groups (broad SMARTS) is 1. The number of hydrogen-bond acceptors (Lipinski definition) is 3. The van der Waals surface area contributed by atoms with Gasteiger partial charge in [-0.2, -0.15) is 0 Å². The summed E-state index contributed by atoms with van der Waals surface area (Å²) < 4.78 is 0. The average molecular weight is 362 g/mol. The summed E-state index contributed by atoms with van der Waals surface area (Å²) in [4.78, 5) is 37.1. The molecule has 0 saturated heterocycles. The van der Waals surface area contributed by atoms with Crippen molar-refractivity contribution in [2.75, 3.05) is 0 Å². The number of nitrogens with zero attached hydrogens (tertiary/aromatic N) is 1. The van der Waals surface area contributed by atoms with Gasteiger partial charge in [-0.1, -0.05) is 58.0 Å². The van der Waals surface area contributed by atoms with Gasteiger partial charge in [0.2, 0.25) is 5.91 Å². The number of hydrogen-bond donors (Lipinski definition) is 2. The highest BCUT2D eigenvalue weighted by Crippen LogP contribution is 2.17. The highest BCUT2D eigenvalue weighted by atomic mass is 16.4. The van der Waals surface area contributed by atoms with Crippen LogP contribution in [-0.4, -0.2) is 40.4 Å². The van der Waals surface area contributed by atoms with Crippen molar-refractivity contribution in [3.8, 4) is 0 Å². The lowest BCUT2D eigenvalue weighted by atomic mass is 9.99. The van der Waals surface area contributed by atoms with Crippen LogP contribution >= 0.6 is 0 Å². The van der Waals surface area contributed by atoms with E-state index < -0.39 is 24.1 Å². The monoisotopic (exact) mass is 362 g/mol. The van der Waals surface area contributed by atoms with Crippen LogP contribution in [0.2, 0.25) is 0 Å². The third kappa shape index (κ3) is 7.25. The maximum atomic E-state index is 12.8. The van der Waals surface area contributed by atoms with Crippen LogP contribution in [0.25, 0.3) is 0 Å². The molecule has 26 heavy (non-hydrogen) atoms. The summed E-state index contributed by atoms with van der Waals surface area (Å²) in [6, 6.07) is 7.72. The summed E-state index contributed by atoms with van der Waals surface area (Å²) in [6.45, 7) is 7.93. The predicted octanol–water partition coefficient (Wildman–Crippen LogP) is 3.31. The Morgan fingerprint density at radius 1 is 1.08 bits per heavy atom. The van der Waals surface area contributed by atoms with Crippen molar-refractivity contribution in [3.63, 3.8) is 0 Å². The smallest absolute Gasteiger partial charge is 0.408 e. The molecule has 1 rings (SSSR count). The molecule has 2 N–H and O–H groups in total. The third-order valence-corrected chi connectivity index (χ3v) is 4.03. The van der Waals surface area contributed by atoms with Gasteiger partial charge in [-0.15, -0.1) is 0 Å². The average Bonchev–Trinajstić information content (AvgIpc) is 2.57. The van der Waals surface area contributed by atoms with Crippen LogP contribution in [0.5, 0.6) is 0 Å². The number of nitrogens with one attached hydrogen (secondary N) is 1. The molecule has 6 nitrogen and oxygen atoms in total. The zero-order chi connectivity index (χ0) is 19.7. The van der Waals surface area contributed by atoms with Crippen molar-refractivity contribution in [3.05, 3.63) is 35.9 Å². The van der Waals surface area contributed by atoms with Gasteiger partial charge in [0.1, 0.15) is 12.3 Å². The lowest BCUT2D eigenvalue weighted by Gasteiger charge is -2.31. The Bertz CT molecular complexity index is 587. The zero-order valence-corrected chi connectivity index (χ0v) is 16.0. The second kappa shape index (κ2) is 10.6. The van der Waals surface area contributed by atoms with E-state index in [1.807, 2.05) is 58.0 Å². The summed E-state index contributed by atoms with van der Waals surface area (Å²) in [7, 11) is 0. The molecule has 2 atom stereocenters. The molecule has 0 spiro atoms. The molecule has 0 saturated carbocycles. The van der Waals surface area contributed by atoms with Gasteiger partial charge in [-0.3, -0.25) is 9.69 Å². The van der Waals surface area contributed by atoms with Crippen LogP contribution < -0.4 is 5.32 Å². The van der Waals surface area contributed by atoms with Gasteiger partial charge in [0.15, 0.2) is 0 Å². The van der Waals surface area contributed by atoms with Crippen LogP contribution in [-0.2, 0) is 16.1 Å². The van der Waals surface area contributed by atoms with Crippen molar-refractivity contribution < 1.29 is 19.5 Å². The number of benzene rings is 1. The van der Waals surface area contributed by atoms with Gasteiger partial charge in [0.25, 0.3) is 0 Å². The van der Waals surface area contributed by atoms with Crippen molar-refractivity contribution in [2.24, 2.45) is 11.8 Å². The van der Waals surface area contributed by atoms with E-state index in [-0.39, 0.29) is 18.4 Å². The lowest BCUT2D eigenvalue weighted by molar-refractivity contribution is -0.129. The summed E-state index contributed by atoms with van der Waals surface area (Å²) in [6.07, 6.45) is 0.474. The summed E-state index contributed by atoms with van der Waals surface area (Å²) in [5, 5.41) is 12.4. The standard InChI is InChI=1S/C20H30N2O4/c1-14(2)10-17(13-23)21-19(24)18(11-15(3)4)22(20(25)26)12-16-8-6-5-7-9-16/h5-9,13-15,17-18H,10-12H2,1-4H3,(H,21,24)(H,25,26)/t17-,18-/m0/s1. The molecule has 6 heteroatoms. The van der Waals surface area contributed by atoms with E-state index in [0.29, 0.717) is 19.1 Å². The minimum atomic E-state index is -1.15. The first-order valence-corrected chi connectivity index (χ1v) is 9.03. The molecule has 1 aromatic rings. The minimum Gasteiger partial charge on any atom is -0.465 e. The number of aldehydes is 1. The Balaban J connectivity index is 3.01. The topological polar surface area (TPSA) is 86.7 Å². The SMILES string of the molecule is CC(C)C[C@@H](C=O)NC(=O)[C@H](CC(C)C)N(Cc1ccccc1)C(=O)O. The van der Waals surface area contributed by atoms with Gasteiger partial charge in [0, 0.05) is 6.54 Å². The second-order valence-corrected chi connectivity index (χ2v) is 7.42. The molecular weight excluding hydrogens is 332 g/mol. The first kappa shape index (κ1) is 21.7. The molecule has 0 aliphatic rings. The van der Waals surface area contributed by atoms with Crippen molar-refractivity contribution in [1.82, 2.24) is 10.2 Å². The Kier molecular flexibility index (Phi) is 8.82. The fourth-order valence-corrected chi connectivity index (χ4v) is 2.85. The van der Waals surface area contributed by atoms with E-state index in [0.717, 1.165) is 10.5 Å².